The van der Waals surface area contributed by atoms with Gasteiger partial charge in [-0.1, -0.05) is 11.6 Å². The van der Waals surface area contributed by atoms with Crippen molar-refractivity contribution in [1.29, 1.82) is 0 Å². The molecule has 0 radical (unpaired) electrons. The summed E-state index contributed by atoms with van der Waals surface area (Å²) in [7, 11) is 0. The molecule has 0 N–H and O–H groups in total. The summed E-state index contributed by atoms with van der Waals surface area (Å²) in [5, 5.41) is 12.0. The van der Waals surface area contributed by atoms with Crippen LogP contribution in [0.2, 0.25) is 5.02 Å². The van der Waals surface area contributed by atoms with Crippen molar-refractivity contribution < 1.29 is 14.1 Å². The fourth-order valence-electron chi connectivity index (χ4n) is 3.83. The molecule has 0 spiro atoms. The van der Waals surface area contributed by atoms with Crippen LogP contribution >= 0.6 is 22.9 Å². The SMILES string of the molecule is C[C@]1(CN2Cc3nc(-c4ccc(F)cc4Cl)sc3C2)Cn2cc([N+](=O)[O-])nc2O1. The van der Waals surface area contributed by atoms with Crippen molar-refractivity contribution in [3.63, 3.8) is 0 Å². The lowest BCUT2D eigenvalue weighted by Crippen LogP contribution is -2.43. The first kappa shape index (κ1) is 18.5. The van der Waals surface area contributed by atoms with Gasteiger partial charge in [-0.15, -0.1) is 11.3 Å². The van der Waals surface area contributed by atoms with Gasteiger partial charge in [0.2, 0.25) is 0 Å². The highest BCUT2D eigenvalue weighted by Gasteiger charge is 2.42. The third-order valence-electron chi connectivity index (χ3n) is 5.00. The number of hydrogen-bond donors (Lipinski definition) is 0. The van der Waals surface area contributed by atoms with Crippen LogP contribution in [0.3, 0.4) is 0 Å². The van der Waals surface area contributed by atoms with Crippen LogP contribution in [-0.4, -0.2) is 36.5 Å². The quantitative estimate of drug-likeness (QED) is 0.456. The third-order valence-corrected chi connectivity index (χ3v) is 6.42. The van der Waals surface area contributed by atoms with Crippen molar-refractivity contribution in [1.82, 2.24) is 19.4 Å². The van der Waals surface area contributed by atoms with Gasteiger partial charge in [-0.25, -0.2) is 9.37 Å². The van der Waals surface area contributed by atoms with Gasteiger partial charge in [-0.3, -0.25) is 9.47 Å². The number of halogens is 2. The molecular weight excluding hydrogens is 421 g/mol. The Hall–Kier alpha value is -2.56. The maximum atomic E-state index is 13.3. The van der Waals surface area contributed by atoms with Crippen molar-refractivity contribution in [2.24, 2.45) is 0 Å². The number of thiazole rings is 1. The Bertz CT molecular complexity index is 1100. The molecule has 1 aromatic carbocycles. The molecule has 0 saturated heterocycles. The van der Waals surface area contributed by atoms with Crippen LogP contribution in [0, 0.1) is 15.9 Å². The molecule has 3 aromatic rings. The van der Waals surface area contributed by atoms with E-state index in [0.717, 1.165) is 27.7 Å². The molecule has 0 saturated carbocycles. The van der Waals surface area contributed by atoms with Crippen LogP contribution < -0.4 is 4.74 Å². The van der Waals surface area contributed by atoms with Crippen LogP contribution in [0.5, 0.6) is 6.01 Å². The predicted octanol–water partition coefficient (Wildman–Crippen LogP) is 3.87. The Morgan fingerprint density at radius 3 is 2.93 bits per heavy atom. The second-order valence-electron chi connectivity index (χ2n) is 7.48. The Morgan fingerprint density at radius 2 is 2.24 bits per heavy atom. The standard InChI is InChI=1S/C18H15ClFN5O3S/c1-18(9-24-7-15(25(26)27)22-17(24)28-18)8-23-5-13-14(6-23)29-16(21-13)11-3-2-10(20)4-12(11)19/h2-4,7H,5-6,8-9H2,1H3/t18-/m0/s1. The number of nitro groups is 1. The number of fused-ring (bicyclic) bond motifs is 2. The molecular formula is C18H15ClFN5O3S. The van der Waals surface area contributed by atoms with E-state index >= 15 is 0 Å². The first-order valence-electron chi connectivity index (χ1n) is 8.87. The summed E-state index contributed by atoms with van der Waals surface area (Å²) < 4.78 is 20.9. The molecule has 0 aliphatic carbocycles. The van der Waals surface area contributed by atoms with Crippen LogP contribution in [0.25, 0.3) is 10.6 Å². The zero-order valence-corrected chi connectivity index (χ0v) is 16.8. The molecule has 1 atom stereocenters. The minimum atomic E-state index is -0.527. The fourth-order valence-corrected chi connectivity index (χ4v) is 5.29. The van der Waals surface area contributed by atoms with Gasteiger partial charge in [0, 0.05) is 35.1 Å². The molecule has 29 heavy (non-hydrogen) atoms. The zero-order chi connectivity index (χ0) is 20.3. The molecule has 0 amide bonds. The van der Waals surface area contributed by atoms with Gasteiger partial charge < -0.3 is 14.9 Å². The molecule has 8 nitrogen and oxygen atoms in total. The van der Waals surface area contributed by atoms with E-state index in [0.29, 0.717) is 24.7 Å². The minimum Gasteiger partial charge on any atom is -0.436 e. The highest BCUT2D eigenvalue weighted by atomic mass is 35.5. The summed E-state index contributed by atoms with van der Waals surface area (Å²) in [6, 6.07) is 4.60. The summed E-state index contributed by atoms with van der Waals surface area (Å²) in [4.78, 5) is 22.3. The number of imidazole rings is 1. The van der Waals surface area contributed by atoms with Crippen LogP contribution in [-0.2, 0) is 19.6 Å². The molecule has 0 bridgehead atoms. The first-order chi connectivity index (χ1) is 13.8. The lowest BCUT2D eigenvalue weighted by Gasteiger charge is -2.27. The predicted molar refractivity (Wildman–Crippen MR) is 105 cm³/mol. The lowest BCUT2D eigenvalue weighted by molar-refractivity contribution is -0.389. The van der Waals surface area contributed by atoms with E-state index in [4.69, 9.17) is 21.3 Å². The average Bonchev–Trinajstić information content (AvgIpc) is 3.33. The van der Waals surface area contributed by atoms with E-state index in [1.807, 2.05) is 6.92 Å². The molecule has 11 heteroatoms. The van der Waals surface area contributed by atoms with Crippen molar-refractivity contribution in [3.8, 4) is 16.6 Å². The lowest BCUT2D eigenvalue weighted by atomic mass is 10.1. The molecule has 150 valence electrons. The van der Waals surface area contributed by atoms with E-state index in [-0.39, 0.29) is 17.6 Å². The van der Waals surface area contributed by atoms with E-state index in [2.05, 4.69) is 9.88 Å². The monoisotopic (exact) mass is 435 g/mol. The summed E-state index contributed by atoms with van der Waals surface area (Å²) in [6.07, 6.45) is 1.40. The average molecular weight is 436 g/mol. The molecule has 2 aliphatic heterocycles. The maximum absolute atomic E-state index is 13.3. The molecule has 2 aliphatic rings. The van der Waals surface area contributed by atoms with Gasteiger partial charge in [0.05, 0.1) is 17.3 Å². The van der Waals surface area contributed by atoms with Gasteiger partial charge in [-0.2, -0.15) is 0 Å². The van der Waals surface area contributed by atoms with E-state index in [1.54, 1.807) is 22.0 Å². The number of benzene rings is 1. The van der Waals surface area contributed by atoms with E-state index in [1.165, 1.54) is 18.3 Å². The molecule has 0 fully saturated rings. The van der Waals surface area contributed by atoms with Crippen molar-refractivity contribution in [2.45, 2.75) is 32.2 Å². The minimum absolute atomic E-state index is 0.207. The fraction of sp³-hybridized carbons (Fsp3) is 0.333. The summed E-state index contributed by atoms with van der Waals surface area (Å²) in [5.41, 5.74) is 1.20. The summed E-state index contributed by atoms with van der Waals surface area (Å²) in [6.45, 7) is 4.51. The second-order valence-corrected chi connectivity index (χ2v) is 8.97. The van der Waals surface area contributed by atoms with Gasteiger partial charge in [0.1, 0.15) is 22.6 Å². The highest BCUT2D eigenvalue weighted by Crippen LogP contribution is 2.38. The largest absolute Gasteiger partial charge is 0.436 e. The number of nitrogens with zero attached hydrogens (tertiary/aromatic N) is 5. The van der Waals surface area contributed by atoms with Gasteiger partial charge in [0.15, 0.2) is 0 Å². The number of hydrogen-bond acceptors (Lipinski definition) is 7. The van der Waals surface area contributed by atoms with Crippen LogP contribution in [0.4, 0.5) is 10.2 Å². The normalized spacial score (nSPS) is 20.5. The molecule has 0 unspecified atom stereocenters. The Balaban J connectivity index is 1.27. The van der Waals surface area contributed by atoms with Crippen molar-refractivity contribution >= 4 is 28.8 Å². The number of rotatable bonds is 4. The topological polar surface area (TPSA) is 86.3 Å². The van der Waals surface area contributed by atoms with Gasteiger partial charge in [-0.05, 0) is 30.0 Å². The Morgan fingerprint density at radius 1 is 1.41 bits per heavy atom. The van der Waals surface area contributed by atoms with E-state index < -0.39 is 10.5 Å². The molecule has 5 rings (SSSR count). The number of aromatic nitrogens is 3. The summed E-state index contributed by atoms with van der Waals surface area (Å²) >= 11 is 7.72. The number of ether oxygens (including phenoxy) is 1. The Labute approximate surface area is 173 Å². The van der Waals surface area contributed by atoms with Crippen molar-refractivity contribution in [2.75, 3.05) is 6.54 Å². The van der Waals surface area contributed by atoms with Gasteiger partial charge >= 0.3 is 11.8 Å². The molecule has 2 aromatic heterocycles. The van der Waals surface area contributed by atoms with Crippen LogP contribution in [0.15, 0.2) is 24.4 Å². The first-order valence-corrected chi connectivity index (χ1v) is 10.1. The zero-order valence-electron chi connectivity index (χ0n) is 15.3. The third kappa shape index (κ3) is 3.26. The van der Waals surface area contributed by atoms with Crippen LogP contribution in [0.1, 0.15) is 17.5 Å². The molecule has 4 heterocycles. The summed E-state index contributed by atoms with van der Waals surface area (Å²) in [5.74, 6) is -0.578. The van der Waals surface area contributed by atoms with Gasteiger partial charge in [0.25, 0.3) is 0 Å². The van der Waals surface area contributed by atoms with Crippen molar-refractivity contribution in [3.05, 3.63) is 55.9 Å². The smallest absolute Gasteiger partial charge is 0.415 e. The van der Waals surface area contributed by atoms with E-state index in [9.17, 15) is 14.5 Å². The Kier molecular flexibility index (Phi) is 4.12. The second kappa shape index (κ2) is 6.48. The highest BCUT2D eigenvalue weighted by molar-refractivity contribution is 7.15. The maximum Gasteiger partial charge on any atom is 0.415 e.